The van der Waals surface area contributed by atoms with Gasteiger partial charge in [0.2, 0.25) is 0 Å². The van der Waals surface area contributed by atoms with Gasteiger partial charge in [0, 0.05) is 82.3 Å². The summed E-state index contributed by atoms with van der Waals surface area (Å²) in [6.07, 6.45) is 5.47. The van der Waals surface area contributed by atoms with Crippen LogP contribution >= 0.6 is 0 Å². The van der Waals surface area contributed by atoms with Crippen LogP contribution in [0.2, 0.25) is 0 Å². The van der Waals surface area contributed by atoms with Gasteiger partial charge in [0.05, 0.1) is 33.4 Å². The Morgan fingerprint density at radius 2 is 1.85 bits per heavy atom. The Kier molecular flexibility index (Phi) is 8.33. The van der Waals surface area contributed by atoms with Crippen molar-refractivity contribution in [3.05, 3.63) is 76.1 Å². The summed E-state index contributed by atoms with van der Waals surface area (Å²) in [5, 5.41) is 13.3. The number of allylic oxidation sites excluding steroid dienone is 1. The molecule has 0 spiro atoms. The second kappa shape index (κ2) is 12.7. The number of carbonyl (C=O) groups is 2. The first kappa shape index (κ1) is 34.6. The minimum absolute atomic E-state index is 0.0103. The van der Waals surface area contributed by atoms with Gasteiger partial charge in [-0.3, -0.25) is 19.4 Å². The molecule has 4 aromatic rings. The van der Waals surface area contributed by atoms with E-state index in [0.717, 1.165) is 77.2 Å². The highest BCUT2D eigenvalue weighted by molar-refractivity contribution is 5.93. The number of H-pyrrole nitrogens is 2. The number of piperidine rings is 3. The molecular formula is C43H52N4O6. The predicted molar refractivity (Wildman–Crippen MR) is 203 cm³/mol. The summed E-state index contributed by atoms with van der Waals surface area (Å²) in [6, 6.07) is 12.7. The molecule has 53 heavy (non-hydrogen) atoms. The zero-order valence-corrected chi connectivity index (χ0v) is 31.7. The van der Waals surface area contributed by atoms with Crippen molar-refractivity contribution < 1.29 is 28.9 Å². The average Bonchev–Trinajstić information content (AvgIpc) is 3.69. The highest BCUT2D eigenvalue weighted by atomic mass is 16.5. The van der Waals surface area contributed by atoms with Gasteiger partial charge in [-0.05, 0) is 94.2 Å². The fourth-order valence-electron chi connectivity index (χ4n) is 12.0. The predicted octanol–water partition coefficient (Wildman–Crippen LogP) is 5.46. The zero-order valence-electron chi connectivity index (χ0n) is 31.7. The Balaban J connectivity index is 1.26. The van der Waals surface area contributed by atoms with E-state index in [1.165, 1.54) is 30.7 Å². The Bertz CT molecular complexity index is 2150. The van der Waals surface area contributed by atoms with Crippen molar-refractivity contribution in [2.75, 3.05) is 48.0 Å². The van der Waals surface area contributed by atoms with Gasteiger partial charge >= 0.3 is 11.9 Å². The third kappa shape index (κ3) is 4.94. The Morgan fingerprint density at radius 3 is 2.58 bits per heavy atom. The van der Waals surface area contributed by atoms with Gasteiger partial charge in [0.15, 0.2) is 0 Å². The second-order valence-electron chi connectivity index (χ2n) is 16.5. The standard InChI is InChI=1S/C43H52N4O6/c1-7-24-21-46(3)35-17-32-25-10-8-9-11-33(25)44-38(32)31(15-28(24)37(35)41(49)52-5)30-16-34-29(18-36(30)51-4)26-12-13-47-20-23-14-27(22(2)48)40(47)43(19-23,39(26)45-34)42(50)53-6/h7-11,16,18,22-23,27-28,31,35,37,40,44-45,48H,12-15,17,19-21H2,1-6H3/b24-7-/t22-,23-,27+,28-,31?,35-,37?,40-,43+/m0/s1. The maximum atomic E-state index is 14.2. The van der Waals surface area contributed by atoms with Crippen molar-refractivity contribution in [1.29, 1.82) is 0 Å². The maximum Gasteiger partial charge on any atom is 0.319 e. The van der Waals surface area contributed by atoms with E-state index in [1.54, 1.807) is 7.11 Å². The van der Waals surface area contributed by atoms with Crippen LogP contribution in [0.15, 0.2) is 48.0 Å². The Hall–Kier alpha value is -4.12. The van der Waals surface area contributed by atoms with Gasteiger partial charge in [-0.15, -0.1) is 0 Å². The lowest BCUT2D eigenvalue weighted by atomic mass is 9.56. The molecule has 3 N–H and O–H groups in total. The first-order valence-corrected chi connectivity index (χ1v) is 19.4. The average molecular weight is 721 g/mol. The number of fused-ring (bicyclic) bond motifs is 9. The number of aliphatic hydroxyl groups excluding tert-OH is 1. The van der Waals surface area contributed by atoms with Crippen molar-refractivity contribution >= 4 is 33.7 Å². The largest absolute Gasteiger partial charge is 0.496 e. The number of hydrogen-bond donors (Lipinski definition) is 3. The molecule has 0 radical (unpaired) electrons. The van der Waals surface area contributed by atoms with E-state index in [1.807, 2.05) is 6.92 Å². The molecule has 6 bridgehead atoms. The second-order valence-corrected chi connectivity index (χ2v) is 16.5. The fraction of sp³-hybridized carbons (Fsp3) is 0.535. The molecule has 1 saturated carbocycles. The summed E-state index contributed by atoms with van der Waals surface area (Å²) < 4.78 is 17.6. The van der Waals surface area contributed by atoms with Crippen LogP contribution in [0.3, 0.4) is 0 Å². The van der Waals surface area contributed by atoms with Gasteiger partial charge in [0.25, 0.3) is 0 Å². The molecular weight excluding hydrogens is 668 g/mol. The molecule has 3 unspecified atom stereocenters. The zero-order chi connectivity index (χ0) is 36.9. The molecule has 10 heteroatoms. The molecule has 2 aromatic heterocycles. The number of esters is 2. The number of hydrogen-bond acceptors (Lipinski definition) is 8. The molecule has 280 valence electrons. The molecule has 10 atom stereocenters. The van der Waals surface area contributed by atoms with Crippen molar-refractivity contribution in [2.24, 2.45) is 23.7 Å². The van der Waals surface area contributed by atoms with Crippen LogP contribution in [0.4, 0.5) is 0 Å². The summed E-state index contributed by atoms with van der Waals surface area (Å²) in [6.45, 7) is 6.50. The summed E-state index contributed by atoms with van der Waals surface area (Å²) in [5.41, 5.74) is 7.90. The lowest BCUT2D eigenvalue weighted by molar-refractivity contribution is -0.166. The number of aromatic amines is 2. The number of ether oxygens (including phenoxy) is 3. The van der Waals surface area contributed by atoms with E-state index in [-0.39, 0.29) is 47.7 Å². The molecule has 0 amide bonds. The van der Waals surface area contributed by atoms with Crippen LogP contribution in [-0.2, 0) is 37.3 Å². The highest BCUT2D eigenvalue weighted by Gasteiger charge is 2.64. The molecule has 10 nitrogen and oxygen atoms in total. The van der Waals surface area contributed by atoms with E-state index >= 15 is 0 Å². The van der Waals surface area contributed by atoms with Crippen LogP contribution in [0.25, 0.3) is 21.8 Å². The quantitative estimate of drug-likeness (QED) is 0.184. The van der Waals surface area contributed by atoms with E-state index in [0.29, 0.717) is 25.2 Å². The molecule has 2 aromatic carbocycles. The molecule has 3 saturated heterocycles. The number of carbonyl (C=O) groups excluding carboxylic acids is 2. The molecule has 2 aliphatic carbocycles. The monoisotopic (exact) mass is 720 g/mol. The van der Waals surface area contributed by atoms with Crippen molar-refractivity contribution in [3.8, 4) is 5.75 Å². The molecule has 10 rings (SSSR count). The molecule has 6 heterocycles. The lowest BCUT2D eigenvalue weighted by Crippen LogP contribution is -2.68. The normalized spacial score (nSPS) is 33.5. The topological polar surface area (TPSA) is 120 Å². The SMILES string of the molecule is C/C=C1/CN(C)[C@H]2Cc3c([nH]c4ccccc34)C(c3cc4[nH]c5c(c4cc3OC)CCN3C[C@H]4C[C@H]([C@H](C)O)[C@H]3[C@@]5(C(=O)OC)C4)C[C@@H]1C2C(=O)OC. The van der Waals surface area contributed by atoms with E-state index in [4.69, 9.17) is 14.2 Å². The van der Waals surface area contributed by atoms with Gasteiger partial charge < -0.3 is 29.3 Å². The van der Waals surface area contributed by atoms with Gasteiger partial charge in [-0.1, -0.05) is 29.8 Å². The smallest absolute Gasteiger partial charge is 0.319 e. The molecule has 6 aliphatic rings. The third-order valence-corrected chi connectivity index (χ3v) is 14.2. The number of aromatic nitrogens is 2. The minimum Gasteiger partial charge on any atom is -0.496 e. The minimum atomic E-state index is -0.905. The summed E-state index contributed by atoms with van der Waals surface area (Å²) in [5.74, 6) is 0.199. The van der Waals surface area contributed by atoms with Crippen LogP contribution < -0.4 is 4.74 Å². The molecule has 4 aliphatic heterocycles. The number of likely N-dealkylation sites (N-methyl/N-ethyl adjacent to an activating group) is 1. The first-order chi connectivity index (χ1) is 25.6. The van der Waals surface area contributed by atoms with Crippen LogP contribution in [0.5, 0.6) is 5.75 Å². The Morgan fingerprint density at radius 1 is 1.04 bits per heavy atom. The number of benzene rings is 2. The number of methoxy groups -OCH3 is 3. The van der Waals surface area contributed by atoms with E-state index in [2.05, 4.69) is 76.2 Å². The number of para-hydroxylation sites is 1. The van der Waals surface area contributed by atoms with Crippen molar-refractivity contribution in [1.82, 2.24) is 19.8 Å². The first-order valence-electron chi connectivity index (χ1n) is 19.4. The maximum absolute atomic E-state index is 14.2. The summed E-state index contributed by atoms with van der Waals surface area (Å²) in [7, 11) is 6.87. The number of nitrogens with zero attached hydrogens (tertiary/aromatic N) is 2. The van der Waals surface area contributed by atoms with E-state index in [9.17, 15) is 14.7 Å². The summed E-state index contributed by atoms with van der Waals surface area (Å²) in [4.78, 5) is 40.5. The summed E-state index contributed by atoms with van der Waals surface area (Å²) >= 11 is 0. The number of nitrogens with one attached hydrogen (secondary N) is 2. The Labute approximate surface area is 310 Å². The van der Waals surface area contributed by atoms with Crippen molar-refractivity contribution in [2.45, 2.75) is 75.5 Å². The van der Waals surface area contributed by atoms with Gasteiger partial charge in [0.1, 0.15) is 11.2 Å². The van der Waals surface area contributed by atoms with Crippen LogP contribution in [0.1, 0.15) is 67.1 Å². The number of rotatable bonds is 5. The third-order valence-electron chi connectivity index (χ3n) is 14.2. The lowest BCUT2D eigenvalue weighted by Gasteiger charge is -2.58. The number of aliphatic hydroxyl groups is 1. The van der Waals surface area contributed by atoms with Gasteiger partial charge in [-0.2, -0.15) is 0 Å². The van der Waals surface area contributed by atoms with Crippen LogP contribution in [-0.4, -0.2) is 103 Å². The van der Waals surface area contributed by atoms with E-state index < -0.39 is 11.5 Å². The van der Waals surface area contributed by atoms with Crippen molar-refractivity contribution in [3.63, 3.8) is 0 Å². The van der Waals surface area contributed by atoms with Gasteiger partial charge in [-0.25, -0.2) is 0 Å². The fourth-order valence-corrected chi connectivity index (χ4v) is 12.0. The number of likely N-dealkylation sites (tertiary alicyclic amines) is 1. The van der Waals surface area contributed by atoms with Crippen LogP contribution in [0, 0.1) is 23.7 Å². The molecule has 4 fully saturated rings. The highest BCUT2D eigenvalue weighted by Crippen LogP contribution is 2.56.